The lowest BCUT2D eigenvalue weighted by Crippen LogP contribution is -2.30. The van der Waals surface area contributed by atoms with Crippen molar-refractivity contribution in [3.8, 4) is 11.5 Å². The van der Waals surface area contributed by atoms with Crippen molar-refractivity contribution in [3.05, 3.63) is 60.7 Å². The average molecular weight is 460 g/mol. The number of methoxy groups -OCH3 is 1. The Morgan fingerprint density at radius 2 is 1.56 bits per heavy atom. The van der Waals surface area contributed by atoms with Gasteiger partial charge >= 0.3 is 5.97 Å². The molecule has 0 radical (unpaired) electrons. The number of imide groups is 1. The molecule has 8 heteroatoms. The number of rotatable bonds is 5. The third-order valence-corrected chi connectivity index (χ3v) is 6.64. The van der Waals surface area contributed by atoms with Crippen molar-refractivity contribution >= 4 is 35.1 Å². The number of ether oxygens (including phenoxy) is 2. The number of benzene rings is 2. The number of amides is 3. The molecule has 0 aromatic heterocycles. The van der Waals surface area contributed by atoms with Crippen LogP contribution in [0.4, 0.5) is 11.4 Å². The van der Waals surface area contributed by atoms with Gasteiger partial charge in [0.15, 0.2) is 0 Å². The van der Waals surface area contributed by atoms with E-state index in [4.69, 9.17) is 9.47 Å². The average Bonchev–Trinajstić information content (AvgIpc) is 3.37. The van der Waals surface area contributed by atoms with Crippen LogP contribution in [0.2, 0.25) is 0 Å². The molecule has 0 bridgehead atoms. The highest BCUT2D eigenvalue weighted by Gasteiger charge is 2.47. The number of hydrogen-bond donors (Lipinski definition) is 0. The topological polar surface area (TPSA) is 93.2 Å². The van der Waals surface area contributed by atoms with E-state index in [1.807, 2.05) is 12.2 Å². The fourth-order valence-electron chi connectivity index (χ4n) is 4.81. The number of nitrogens with zero attached hydrogens (tertiary/aromatic N) is 2. The number of allylic oxidation sites excluding steroid dienone is 2. The zero-order chi connectivity index (χ0) is 23.8. The summed E-state index contributed by atoms with van der Waals surface area (Å²) < 4.78 is 10.7. The van der Waals surface area contributed by atoms with Gasteiger partial charge in [-0.3, -0.25) is 24.1 Å². The Balaban J connectivity index is 1.24. The van der Waals surface area contributed by atoms with E-state index >= 15 is 0 Å². The van der Waals surface area contributed by atoms with Gasteiger partial charge in [0.05, 0.1) is 30.6 Å². The van der Waals surface area contributed by atoms with Crippen molar-refractivity contribution in [2.45, 2.75) is 19.3 Å². The third-order valence-electron chi connectivity index (χ3n) is 6.64. The number of hydrogen-bond acceptors (Lipinski definition) is 6. The number of anilines is 2. The summed E-state index contributed by atoms with van der Waals surface area (Å²) in [4.78, 5) is 53.5. The lowest BCUT2D eigenvalue weighted by atomic mass is 9.85. The highest BCUT2D eigenvalue weighted by Crippen LogP contribution is 2.38. The van der Waals surface area contributed by atoms with Gasteiger partial charge in [0, 0.05) is 24.7 Å². The fourth-order valence-corrected chi connectivity index (χ4v) is 4.81. The lowest BCUT2D eigenvalue weighted by Gasteiger charge is -2.17. The second-order valence-electron chi connectivity index (χ2n) is 8.69. The Morgan fingerprint density at radius 3 is 2.21 bits per heavy atom. The van der Waals surface area contributed by atoms with Crippen LogP contribution < -0.4 is 19.3 Å². The van der Waals surface area contributed by atoms with Gasteiger partial charge in [-0.05, 0) is 49.2 Å². The van der Waals surface area contributed by atoms with Crippen LogP contribution in [-0.4, -0.2) is 37.3 Å². The minimum atomic E-state index is -0.601. The molecule has 2 aromatic rings. The number of carbonyl (C=O) groups excluding carboxylic acids is 4. The van der Waals surface area contributed by atoms with E-state index < -0.39 is 11.9 Å². The van der Waals surface area contributed by atoms with Crippen molar-refractivity contribution in [3.63, 3.8) is 0 Å². The van der Waals surface area contributed by atoms with Crippen LogP contribution in [-0.2, 0) is 19.2 Å². The first-order valence-electron chi connectivity index (χ1n) is 11.2. The van der Waals surface area contributed by atoms with Gasteiger partial charge in [-0.2, -0.15) is 0 Å². The largest absolute Gasteiger partial charge is 0.497 e. The summed E-state index contributed by atoms with van der Waals surface area (Å²) in [5.41, 5.74) is 1.13. The molecule has 5 rings (SSSR count). The van der Waals surface area contributed by atoms with E-state index in [0.717, 1.165) is 0 Å². The van der Waals surface area contributed by atoms with E-state index in [1.165, 1.54) is 4.90 Å². The quantitative estimate of drug-likeness (QED) is 0.295. The van der Waals surface area contributed by atoms with Crippen LogP contribution >= 0.6 is 0 Å². The van der Waals surface area contributed by atoms with Crippen molar-refractivity contribution < 1.29 is 28.7 Å². The van der Waals surface area contributed by atoms with Crippen LogP contribution in [0.25, 0.3) is 0 Å². The first kappa shape index (κ1) is 21.9. The second kappa shape index (κ2) is 8.78. The predicted molar refractivity (Wildman–Crippen MR) is 123 cm³/mol. The molecule has 3 amide bonds. The fraction of sp³-hybridized carbons (Fsp3) is 0.308. The Bertz CT molecular complexity index is 1160. The van der Waals surface area contributed by atoms with Crippen LogP contribution in [0.15, 0.2) is 60.7 Å². The molecule has 2 saturated heterocycles. The molecule has 2 fully saturated rings. The molecule has 34 heavy (non-hydrogen) atoms. The van der Waals surface area contributed by atoms with E-state index in [-0.39, 0.29) is 42.5 Å². The monoisotopic (exact) mass is 460 g/mol. The van der Waals surface area contributed by atoms with E-state index in [2.05, 4.69) is 0 Å². The summed E-state index contributed by atoms with van der Waals surface area (Å²) in [6, 6.07) is 13.4. The SMILES string of the molecule is COc1cccc(N2C[C@@H](C(=O)Oc3ccc(N4C(=O)[C@H]5CC=CC[C@H]5C4=O)cc3)CC2=O)c1. The van der Waals surface area contributed by atoms with E-state index in [1.54, 1.807) is 60.5 Å². The summed E-state index contributed by atoms with van der Waals surface area (Å²) in [6.07, 6.45) is 5.10. The van der Waals surface area contributed by atoms with Crippen LogP contribution in [0.1, 0.15) is 19.3 Å². The maximum Gasteiger partial charge on any atom is 0.316 e. The lowest BCUT2D eigenvalue weighted by molar-refractivity contribution is -0.139. The van der Waals surface area contributed by atoms with E-state index in [0.29, 0.717) is 35.7 Å². The molecule has 174 valence electrons. The molecular formula is C26H24N2O6. The van der Waals surface area contributed by atoms with Crippen LogP contribution in [0.5, 0.6) is 11.5 Å². The number of esters is 1. The smallest absolute Gasteiger partial charge is 0.316 e. The Kier molecular flexibility index (Phi) is 5.65. The van der Waals surface area contributed by atoms with Gasteiger partial charge in [-0.25, -0.2) is 0 Å². The number of carbonyl (C=O) groups is 4. The zero-order valence-corrected chi connectivity index (χ0v) is 18.7. The molecule has 0 spiro atoms. The molecule has 0 unspecified atom stereocenters. The molecule has 3 atom stereocenters. The first-order chi connectivity index (χ1) is 16.5. The predicted octanol–water partition coefficient (Wildman–Crippen LogP) is 3.11. The zero-order valence-electron chi connectivity index (χ0n) is 18.7. The normalized spacial score (nSPS) is 23.9. The van der Waals surface area contributed by atoms with Gasteiger partial charge in [0.25, 0.3) is 0 Å². The van der Waals surface area contributed by atoms with Gasteiger partial charge in [0.1, 0.15) is 11.5 Å². The summed E-state index contributed by atoms with van der Waals surface area (Å²) in [6.45, 7) is 0.219. The Morgan fingerprint density at radius 1 is 0.882 bits per heavy atom. The maximum atomic E-state index is 12.7. The van der Waals surface area contributed by atoms with Gasteiger partial charge < -0.3 is 14.4 Å². The van der Waals surface area contributed by atoms with Crippen molar-refractivity contribution in [2.75, 3.05) is 23.5 Å². The highest BCUT2D eigenvalue weighted by atomic mass is 16.5. The third kappa shape index (κ3) is 3.85. The minimum absolute atomic E-state index is 0.0573. The molecule has 2 heterocycles. The summed E-state index contributed by atoms with van der Waals surface area (Å²) in [5, 5.41) is 0. The van der Waals surface area contributed by atoms with E-state index in [9.17, 15) is 19.2 Å². The molecule has 0 N–H and O–H groups in total. The van der Waals surface area contributed by atoms with Crippen molar-refractivity contribution in [1.82, 2.24) is 0 Å². The minimum Gasteiger partial charge on any atom is -0.497 e. The summed E-state index contributed by atoms with van der Waals surface area (Å²) in [5.74, 6) is -1.33. The molecule has 2 aliphatic heterocycles. The molecule has 8 nitrogen and oxygen atoms in total. The first-order valence-corrected chi connectivity index (χ1v) is 11.2. The molecule has 1 aliphatic carbocycles. The Labute approximate surface area is 196 Å². The van der Waals surface area contributed by atoms with Crippen molar-refractivity contribution in [2.24, 2.45) is 17.8 Å². The maximum absolute atomic E-state index is 12.7. The molecule has 3 aliphatic rings. The standard InChI is InChI=1S/C26H24N2O6/c1-33-20-6-4-5-18(14-20)27-15-16(13-23(27)29)26(32)34-19-11-9-17(10-12-19)28-24(30)21-7-2-3-8-22(21)25(28)31/h2-6,9-12,14,16,21-22H,7-8,13,15H2,1H3/t16-,21-,22+/m0/s1. The second-order valence-corrected chi connectivity index (χ2v) is 8.69. The number of fused-ring (bicyclic) bond motifs is 1. The Hall–Kier alpha value is -3.94. The highest BCUT2D eigenvalue weighted by molar-refractivity contribution is 6.22. The van der Waals surface area contributed by atoms with Crippen molar-refractivity contribution in [1.29, 1.82) is 0 Å². The van der Waals surface area contributed by atoms with Gasteiger partial charge in [0.2, 0.25) is 17.7 Å². The summed E-state index contributed by atoms with van der Waals surface area (Å²) >= 11 is 0. The van der Waals surface area contributed by atoms with Crippen LogP contribution in [0.3, 0.4) is 0 Å². The molecule has 0 saturated carbocycles. The molecule has 2 aromatic carbocycles. The van der Waals surface area contributed by atoms with Crippen LogP contribution in [0, 0.1) is 17.8 Å². The summed E-state index contributed by atoms with van der Waals surface area (Å²) in [7, 11) is 1.55. The van der Waals surface area contributed by atoms with Gasteiger partial charge in [-0.15, -0.1) is 0 Å². The van der Waals surface area contributed by atoms with Gasteiger partial charge in [-0.1, -0.05) is 18.2 Å². The molecular weight excluding hydrogens is 436 g/mol.